The number of halogens is 3. The van der Waals surface area contributed by atoms with Gasteiger partial charge in [-0.25, -0.2) is 4.79 Å². The lowest BCUT2D eigenvalue weighted by Crippen LogP contribution is -2.38. The summed E-state index contributed by atoms with van der Waals surface area (Å²) < 4.78 is 43.6. The van der Waals surface area contributed by atoms with E-state index < -0.39 is 23.3 Å². The minimum absolute atomic E-state index is 0.234. The number of nitrogens with zero attached hydrogens (tertiary/aromatic N) is 1. The molecule has 1 fully saturated rings. The number of piperidine rings is 1. The average molecular weight is 435 g/mol. The van der Waals surface area contributed by atoms with Gasteiger partial charge >= 0.3 is 12.1 Å². The van der Waals surface area contributed by atoms with Gasteiger partial charge in [0.1, 0.15) is 5.75 Å². The molecule has 1 aliphatic rings. The molecule has 2 aromatic carbocycles. The van der Waals surface area contributed by atoms with Gasteiger partial charge in [-0.05, 0) is 74.6 Å². The fourth-order valence-electron chi connectivity index (χ4n) is 3.55. The summed E-state index contributed by atoms with van der Waals surface area (Å²) >= 11 is 0. The van der Waals surface area contributed by atoms with Crippen LogP contribution in [0, 0.1) is 0 Å². The molecule has 166 valence electrons. The third kappa shape index (κ3) is 5.37. The molecule has 5 nitrogen and oxygen atoms in total. The smallest absolute Gasteiger partial charge is 0.416 e. The van der Waals surface area contributed by atoms with Gasteiger partial charge in [-0.2, -0.15) is 13.2 Å². The fraction of sp³-hybridized carbons (Fsp3) is 0.391. The predicted octanol–water partition coefficient (Wildman–Crippen LogP) is 4.97. The van der Waals surface area contributed by atoms with Crippen molar-refractivity contribution in [3.8, 4) is 5.75 Å². The van der Waals surface area contributed by atoms with Crippen LogP contribution in [0.3, 0.4) is 0 Å². The minimum Gasteiger partial charge on any atom is -0.478 e. The molecule has 1 N–H and O–H groups in total. The zero-order valence-corrected chi connectivity index (χ0v) is 17.3. The number of aliphatic carboxylic acids is 1. The molecule has 2 aromatic rings. The van der Waals surface area contributed by atoms with Gasteiger partial charge in [0.15, 0.2) is 5.60 Å². The van der Waals surface area contributed by atoms with Crippen LogP contribution in [0.1, 0.15) is 54.1 Å². The van der Waals surface area contributed by atoms with E-state index in [1.165, 1.54) is 26.0 Å². The van der Waals surface area contributed by atoms with E-state index in [0.29, 0.717) is 18.8 Å². The van der Waals surface area contributed by atoms with Crippen LogP contribution in [0.4, 0.5) is 13.2 Å². The minimum atomic E-state index is -4.43. The van der Waals surface area contributed by atoms with Crippen LogP contribution in [0.2, 0.25) is 0 Å². The molecule has 0 unspecified atom stereocenters. The highest BCUT2D eigenvalue weighted by Gasteiger charge is 2.31. The second kappa shape index (κ2) is 8.61. The van der Waals surface area contributed by atoms with E-state index in [2.05, 4.69) is 0 Å². The Morgan fingerprint density at radius 2 is 1.52 bits per heavy atom. The summed E-state index contributed by atoms with van der Waals surface area (Å²) in [7, 11) is 0. The Morgan fingerprint density at radius 1 is 0.968 bits per heavy atom. The van der Waals surface area contributed by atoms with Crippen molar-refractivity contribution in [3.63, 3.8) is 0 Å². The summed E-state index contributed by atoms with van der Waals surface area (Å²) in [6.07, 6.45) is -2.97. The van der Waals surface area contributed by atoms with E-state index in [1.54, 1.807) is 17.0 Å². The van der Waals surface area contributed by atoms with Crippen molar-refractivity contribution in [1.82, 2.24) is 4.90 Å². The summed E-state index contributed by atoms with van der Waals surface area (Å²) in [6.45, 7) is 3.98. The molecular formula is C23H24F3NO4. The highest BCUT2D eigenvalue weighted by molar-refractivity contribution is 5.94. The van der Waals surface area contributed by atoms with Crippen molar-refractivity contribution in [2.75, 3.05) is 13.1 Å². The fourth-order valence-corrected chi connectivity index (χ4v) is 3.55. The third-order valence-corrected chi connectivity index (χ3v) is 5.48. The van der Waals surface area contributed by atoms with Gasteiger partial charge in [-0.3, -0.25) is 4.79 Å². The molecule has 0 spiro atoms. The lowest BCUT2D eigenvalue weighted by molar-refractivity contribution is -0.152. The van der Waals surface area contributed by atoms with E-state index in [9.17, 15) is 22.8 Å². The zero-order valence-electron chi connectivity index (χ0n) is 17.3. The average Bonchev–Trinajstić information content (AvgIpc) is 2.73. The van der Waals surface area contributed by atoms with E-state index in [1.807, 2.05) is 12.1 Å². The van der Waals surface area contributed by atoms with Crippen LogP contribution in [0.15, 0.2) is 48.5 Å². The molecule has 3 rings (SSSR count). The molecule has 1 saturated heterocycles. The quantitative estimate of drug-likeness (QED) is 0.720. The summed E-state index contributed by atoms with van der Waals surface area (Å²) in [5, 5.41) is 9.16. The van der Waals surface area contributed by atoms with Crippen LogP contribution in [-0.2, 0) is 11.0 Å². The first-order valence-electron chi connectivity index (χ1n) is 9.96. The summed E-state index contributed by atoms with van der Waals surface area (Å²) in [4.78, 5) is 25.5. The van der Waals surface area contributed by atoms with Crippen LogP contribution >= 0.6 is 0 Å². The first-order valence-corrected chi connectivity index (χ1v) is 9.96. The Balaban J connectivity index is 1.58. The number of amides is 1. The van der Waals surface area contributed by atoms with E-state index in [4.69, 9.17) is 9.84 Å². The van der Waals surface area contributed by atoms with Gasteiger partial charge in [0.2, 0.25) is 0 Å². The molecule has 0 radical (unpaired) electrons. The third-order valence-electron chi connectivity index (χ3n) is 5.48. The first-order chi connectivity index (χ1) is 14.5. The van der Waals surface area contributed by atoms with Crippen LogP contribution in [0.5, 0.6) is 5.75 Å². The number of carbonyl (C=O) groups is 2. The van der Waals surface area contributed by atoms with E-state index >= 15 is 0 Å². The molecule has 0 bridgehead atoms. The Labute approximate surface area is 178 Å². The van der Waals surface area contributed by atoms with Crippen molar-refractivity contribution < 1.29 is 32.6 Å². The van der Waals surface area contributed by atoms with Gasteiger partial charge in [0, 0.05) is 18.7 Å². The maximum absolute atomic E-state index is 12.7. The van der Waals surface area contributed by atoms with Crippen molar-refractivity contribution in [1.29, 1.82) is 0 Å². The molecule has 0 saturated carbocycles. The normalized spacial score (nSPS) is 15.6. The lowest BCUT2D eigenvalue weighted by Gasteiger charge is -2.32. The van der Waals surface area contributed by atoms with Gasteiger partial charge in [-0.1, -0.05) is 12.1 Å². The maximum atomic E-state index is 12.7. The molecule has 1 aliphatic heterocycles. The van der Waals surface area contributed by atoms with Crippen molar-refractivity contribution >= 4 is 11.9 Å². The molecule has 0 aromatic heterocycles. The number of alkyl halides is 3. The number of carbonyl (C=O) groups excluding carboxylic acids is 1. The highest BCUT2D eigenvalue weighted by Crippen LogP contribution is 2.32. The zero-order chi connectivity index (χ0) is 22.8. The molecule has 1 amide bonds. The molecule has 1 heterocycles. The number of carboxylic acid groups (broad SMARTS) is 1. The van der Waals surface area contributed by atoms with Gasteiger partial charge in [-0.15, -0.1) is 0 Å². The Morgan fingerprint density at radius 3 is 2.00 bits per heavy atom. The lowest BCUT2D eigenvalue weighted by atomic mass is 9.89. The summed E-state index contributed by atoms with van der Waals surface area (Å²) in [6, 6.07) is 11.5. The number of hydrogen-bond acceptors (Lipinski definition) is 3. The number of likely N-dealkylation sites (tertiary alicyclic amines) is 1. The topological polar surface area (TPSA) is 66.8 Å². The Hall–Kier alpha value is -3.03. The number of rotatable bonds is 5. The van der Waals surface area contributed by atoms with Crippen molar-refractivity contribution in [2.45, 2.75) is 44.4 Å². The van der Waals surface area contributed by atoms with Crippen molar-refractivity contribution in [3.05, 3.63) is 65.2 Å². The van der Waals surface area contributed by atoms with Crippen molar-refractivity contribution in [2.24, 2.45) is 0 Å². The van der Waals surface area contributed by atoms with Crippen LogP contribution in [-0.4, -0.2) is 40.6 Å². The number of carboxylic acids is 1. The monoisotopic (exact) mass is 435 g/mol. The van der Waals surface area contributed by atoms with Gasteiger partial charge in [0.05, 0.1) is 5.56 Å². The first kappa shape index (κ1) is 22.7. The number of benzene rings is 2. The van der Waals surface area contributed by atoms with Gasteiger partial charge < -0.3 is 14.7 Å². The predicted molar refractivity (Wildman–Crippen MR) is 108 cm³/mol. The van der Waals surface area contributed by atoms with Gasteiger partial charge in [0.25, 0.3) is 5.91 Å². The highest BCUT2D eigenvalue weighted by atomic mass is 19.4. The largest absolute Gasteiger partial charge is 0.478 e. The van der Waals surface area contributed by atoms with E-state index in [-0.39, 0.29) is 17.4 Å². The maximum Gasteiger partial charge on any atom is 0.416 e. The standard InChI is InChI=1S/C23H24F3NO4/c1-22(2,21(29)30)31-19-9-5-15(6-10-19)16-11-13-27(14-12-16)20(28)17-3-7-18(8-4-17)23(24,25)26/h3-10,16H,11-14H2,1-2H3,(H,29,30). The Kier molecular flexibility index (Phi) is 6.29. The summed E-state index contributed by atoms with van der Waals surface area (Å²) in [5.74, 6) is -0.627. The molecule has 8 heteroatoms. The molecule has 31 heavy (non-hydrogen) atoms. The second-order valence-electron chi connectivity index (χ2n) is 8.13. The Bertz CT molecular complexity index is 929. The number of hydrogen-bond donors (Lipinski definition) is 1. The molecule has 0 aliphatic carbocycles. The second-order valence-corrected chi connectivity index (χ2v) is 8.13. The SMILES string of the molecule is CC(C)(Oc1ccc(C2CCN(C(=O)c3ccc(C(F)(F)F)cc3)CC2)cc1)C(=O)O. The number of ether oxygens (including phenoxy) is 1. The van der Waals surface area contributed by atoms with Crippen LogP contribution < -0.4 is 4.74 Å². The molecular weight excluding hydrogens is 411 g/mol. The molecule has 0 atom stereocenters. The van der Waals surface area contributed by atoms with Crippen LogP contribution in [0.25, 0.3) is 0 Å². The summed E-state index contributed by atoms with van der Waals surface area (Å²) in [5.41, 5.74) is -0.788. The van der Waals surface area contributed by atoms with E-state index in [0.717, 1.165) is 30.5 Å².